The summed E-state index contributed by atoms with van der Waals surface area (Å²) in [6, 6.07) is 18.4. The lowest BCUT2D eigenvalue weighted by Gasteiger charge is -2.25. The number of amides is 1. The molecule has 0 spiro atoms. The van der Waals surface area contributed by atoms with Gasteiger partial charge in [0.2, 0.25) is 0 Å². The van der Waals surface area contributed by atoms with Crippen LogP contribution in [0.3, 0.4) is 0 Å². The van der Waals surface area contributed by atoms with E-state index in [0.29, 0.717) is 0 Å². The lowest BCUT2D eigenvalue weighted by molar-refractivity contribution is -0.385. The maximum atomic E-state index is 13.2. The molecular weight excluding hydrogens is 452 g/mol. The van der Waals surface area contributed by atoms with Gasteiger partial charge < -0.3 is 9.84 Å². The van der Waals surface area contributed by atoms with Crippen LogP contribution < -0.4 is 4.90 Å². The molecule has 1 atom stereocenters. The molecule has 35 heavy (non-hydrogen) atoms. The molecule has 0 aromatic heterocycles. The van der Waals surface area contributed by atoms with E-state index in [1.165, 1.54) is 42.5 Å². The average Bonchev–Trinajstić information content (AvgIpc) is 3.14. The highest BCUT2D eigenvalue weighted by atomic mass is 16.6. The number of nitro groups is 1. The number of carbonyl (C=O) groups is 3. The fraction of sp³-hybridized carbons (Fsp3) is 0.115. The van der Waals surface area contributed by atoms with Gasteiger partial charge in [0.1, 0.15) is 11.8 Å². The van der Waals surface area contributed by atoms with Crippen LogP contribution in [0.2, 0.25) is 0 Å². The number of rotatable bonds is 6. The molecule has 9 nitrogen and oxygen atoms in total. The van der Waals surface area contributed by atoms with Gasteiger partial charge in [-0.2, -0.15) is 0 Å². The molecule has 1 aliphatic rings. The lowest BCUT2D eigenvalue weighted by Crippen LogP contribution is -2.29. The summed E-state index contributed by atoms with van der Waals surface area (Å²) in [5.41, 5.74) is 0.209. The van der Waals surface area contributed by atoms with Crippen molar-refractivity contribution >= 4 is 34.8 Å². The Kier molecular flexibility index (Phi) is 6.41. The van der Waals surface area contributed by atoms with Crippen molar-refractivity contribution < 1.29 is 29.2 Å². The third-order valence-corrected chi connectivity index (χ3v) is 5.58. The van der Waals surface area contributed by atoms with Gasteiger partial charge in [0.15, 0.2) is 0 Å². The molecule has 176 valence electrons. The summed E-state index contributed by atoms with van der Waals surface area (Å²) >= 11 is 0. The Hall–Kier alpha value is -4.79. The average molecular weight is 472 g/mol. The molecule has 0 unspecified atom stereocenters. The Morgan fingerprint density at radius 3 is 2.23 bits per heavy atom. The number of anilines is 1. The fourth-order valence-electron chi connectivity index (χ4n) is 4.00. The maximum Gasteiger partial charge on any atom is 0.338 e. The third kappa shape index (κ3) is 4.26. The van der Waals surface area contributed by atoms with Gasteiger partial charge in [-0.15, -0.1) is 0 Å². The molecule has 3 aromatic rings. The first kappa shape index (κ1) is 23.4. The number of hydrogen-bond acceptors (Lipinski definition) is 7. The van der Waals surface area contributed by atoms with Gasteiger partial charge in [-0.3, -0.25) is 24.6 Å². The van der Waals surface area contributed by atoms with Crippen LogP contribution in [0.4, 0.5) is 11.4 Å². The highest BCUT2D eigenvalue weighted by Gasteiger charge is 2.48. The van der Waals surface area contributed by atoms with Crippen molar-refractivity contribution in [3.05, 3.63) is 111 Å². The van der Waals surface area contributed by atoms with E-state index in [9.17, 15) is 29.6 Å². The summed E-state index contributed by atoms with van der Waals surface area (Å²) in [5, 5.41) is 22.9. The zero-order valence-electron chi connectivity index (χ0n) is 18.6. The van der Waals surface area contributed by atoms with Gasteiger partial charge in [-0.1, -0.05) is 42.5 Å². The number of Topliss-reactive ketones (excluding diaryl/α,β-unsaturated/α-hetero) is 1. The van der Waals surface area contributed by atoms with Crippen LogP contribution in [-0.4, -0.2) is 34.3 Å². The number of ketones is 1. The topological polar surface area (TPSA) is 127 Å². The molecule has 0 radical (unpaired) electrons. The van der Waals surface area contributed by atoms with E-state index in [-0.39, 0.29) is 40.2 Å². The summed E-state index contributed by atoms with van der Waals surface area (Å²) in [7, 11) is 0. The van der Waals surface area contributed by atoms with Crippen molar-refractivity contribution in [3.63, 3.8) is 0 Å². The van der Waals surface area contributed by atoms with Crippen LogP contribution in [0.5, 0.6) is 0 Å². The molecule has 9 heteroatoms. The molecule has 1 amide bonds. The van der Waals surface area contributed by atoms with E-state index in [2.05, 4.69) is 0 Å². The first-order valence-electron chi connectivity index (χ1n) is 10.7. The first-order valence-corrected chi connectivity index (χ1v) is 10.7. The number of esters is 1. The van der Waals surface area contributed by atoms with Crippen molar-refractivity contribution in [2.45, 2.75) is 13.0 Å². The minimum Gasteiger partial charge on any atom is -0.507 e. The van der Waals surface area contributed by atoms with Crippen molar-refractivity contribution in [3.8, 4) is 0 Å². The maximum absolute atomic E-state index is 13.2. The zero-order chi connectivity index (χ0) is 25.1. The van der Waals surface area contributed by atoms with Crippen LogP contribution in [0.25, 0.3) is 5.76 Å². The number of carbonyl (C=O) groups excluding carboxylic acids is 3. The van der Waals surface area contributed by atoms with Gasteiger partial charge in [0, 0.05) is 17.3 Å². The summed E-state index contributed by atoms with van der Waals surface area (Å²) < 4.78 is 4.97. The number of para-hydroxylation sites is 1. The molecule has 1 fully saturated rings. The lowest BCUT2D eigenvalue weighted by atomic mass is 9.94. The Morgan fingerprint density at radius 1 is 0.971 bits per heavy atom. The number of aliphatic hydroxyl groups is 1. The van der Waals surface area contributed by atoms with E-state index >= 15 is 0 Å². The Labute approximate surface area is 200 Å². The second kappa shape index (κ2) is 9.60. The van der Waals surface area contributed by atoms with Gasteiger partial charge in [0.25, 0.3) is 17.4 Å². The molecule has 0 saturated carbocycles. The molecular formula is C26H20N2O7. The number of nitro benzene ring substituents is 1. The summed E-state index contributed by atoms with van der Waals surface area (Å²) in [6.45, 7) is 1.86. The predicted molar refractivity (Wildman–Crippen MR) is 127 cm³/mol. The monoisotopic (exact) mass is 472 g/mol. The van der Waals surface area contributed by atoms with Crippen molar-refractivity contribution in [1.82, 2.24) is 0 Å². The quantitative estimate of drug-likeness (QED) is 0.141. The van der Waals surface area contributed by atoms with Crippen LogP contribution in [0.1, 0.15) is 34.5 Å². The minimum absolute atomic E-state index is 0.0589. The fourth-order valence-corrected chi connectivity index (χ4v) is 4.00. The van der Waals surface area contributed by atoms with Gasteiger partial charge >= 0.3 is 5.97 Å². The predicted octanol–water partition coefficient (Wildman–Crippen LogP) is 4.40. The Balaban J connectivity index is 1.92. The standard InChI is InChI=1S/C26H20N2O7/c1-2-35-26(32)17-12-14-18(15-13-17)27-22(19-10-6-7-11-20(19)28(33)34)21(24(30)25(27)31)23(29)16-8-4-3-5-9-16/h3-15,22,29H,2H2,1H3/t22-/m1/s1. The largest absolute Gasteiger partial charge is 0.507 e. The number of benzene rings is 3. The van der Waals surface area contributed by atoms with E-state index in [0.717, 1.165) is 4.90 Å². The van der Waals surface area contributed by atoms with Gasteiger partial charge in [-0.05, 0) is 37.3 Å². The van der Waals surface area contributed by atoms with Crippen molar-refractivity contribution in [1.29, 1.82) is 0 Å². The normalized spacial score (nSPS) is 16.8. The van der Waals surface area contributed by atoms with E-state index < -0.39 is 34.4 Å². The number of hydrogen-bond donors (Lipinski definition) is 1. The number of aliphatic hydroxyl groups excluding tert-OH is 1. The van der Waals surface area contributed by atoms with Crippen LogP contribution >= 0.6 is 0 Å². The summed E-state index contributed by atoms with van der Waals surface area (Å²) in [6.07, 6.45) is 0. The Bertz CT molecular complexity index is 1350. The smallest absolute Gasteiger partial charge is 0.338 e. The van der Waals surface area contributed by atoms with E-state index in [4.69, 9.17) is 4.74 Å². The molecule has 0 bridgehead atoms. The molecule has 1 heterocycles. The minimum atomic E-state index is -1.27. The molecule has 1 saturated heterocycles. The SMILES string of the molecule is CCOC(=O)c1ccc(N2C(=O)C(=O)C(=C(O)c3ccccc3)[C@H]2c2ccccc2[N+](=O)[O-])cc1. The van der Waals surface area contributed by atoms with Gasteiger partial charge in [0.05, 0.1) is 28.2 Å². The van der Waals surface area contributed by atoms with E-state index in [1.54, 1.807) is 43.3 Å². The number of ether oxygens (including phenoxy) is 1. The van der Waals surface area contributed by atoms with E-state index in [1.807, 2.05) is 0 Å². The second-order valence-electron chi connectivity index (χ2n) is 7.62. The van der Waals surface area contributed by atoms with Crippen LogP contribution in [0, 0.1) is 10.1 Å². The first-order chi connectivity index (χ1) is 16.8. The van der Waals surface area contributed by atoms with Gasteiger partial charge in [-0.25, -0.2) is 4.79 Å². The van der Waals surface area contributed by atoms with Crippen molar-refractivity contribution in [2.24, 2.45) is 0 Å². The zero-order valence-corrected chi connectivity index (χ0v) is 18.6. The third-order valence-electron chi connectivity index (χ3n) is 5.58. The number of nitrogens with zero attached hydrogens (tertiary/aromatic N) is 2. The molecule has 1 aliphatic heterocycles. The van der Waals surface area contributed by atoms with Crippen LogP contribution in [-0.2, 0) is 14.3 Å². The molecule has 4 rings (SSSR count). The van der Waals surface area contributed by atoms with Crippen molar-refractivity contribution in [2.75, 3.05) is 11.5 Å². The Morgan fingerprint density at radius 2 is 1.60 bits per heavy atom. The second-order valence-corrected chi connectivity index (χ2v) is 7.62. The summed E-state index contributed by atoms with van der Waals surface area (Å²) in [5.74, 6) is -2.95. The summed E-state index contributed by atoms with van der Waals surface area (Å²) in [4.78, 5) is 50.7. The highest BCUT2D eigenvalue weighted by molar-refractivity contribution is 6.51. The highest BCUT2D eigenvalue weighted by Crippen LogP contribution is 2.44. The molecule has 3 aromatic carbocycles. The molecule has 0 aliphatic carbocycles. The molecule has 1 N–H and O–H groups in total. The van der Waals surface area contributed by atoms with Crippen LogP contribution in [0.15, 0.2) is 84.4 Å².